The van der Waals surface area contributed by atoms with Crippen LogP contribution in [-0.4, -0.2) is 94.1 Å². The van der Waals surface area contributed by atoms with Crippen LogP contribution in [0.3, 0.4) is 0 Å². The van der Waals surface area contributed by atoms with Crippen molar-refractivity contribution in [2.24, 2.45) is 4.99 Å². The number of alkyl halides is 3. The topological polar surface area (TPSA) is 52.1 Å². The number of guanidine groups is 1. The van der Waals surface area contributed by atoms with Gasteiger partial charge in [-0.25, -0.2) is 0 Å². The Morgan fingerprint density at radius 1 is 1.19 bits per heavy atom. The first-order valence-corrected chi connectivity index (χ1v) is 8.67. The number of hydrogen-bond acceptors (Lipinski definition) is 4. The minimum Gasteiger partial charge on any atom is -0.379 e. The molecule has 1 aliphatic heterocycles. The third-order valence-electron chi connectivity index (χ3n) is 4.24. The highest BCUT2D eigenvalue weighted by molar-refractivity contribution is 14.0. The number of hydrogen-bond donors (Lipinski definition) is 2. The van der Waals surface area contributed by atoms with Gasteiger partial charge in [-0.3, -0.25) is 14.8 Å². The molecular formula is C16H33F3IN5O. The zero-order valence-corrected chi connectivity index (χ0v) is 18.5. The second kappa shape index (κ2) is 12.2. The zero-order chi connectivity index (χ0) is 18.9. The summed E-state index contributed by atoms with van der Waals surface area (Å²) in [5, 5.41) is 6.45. The monoisotopic (exact) mass is 495 g/mol. The van der Waals surface area contributed by atoms with Crippen LogP contribution in [0.1, 0.15) is 20.3 Å². The van der Waals surface area contributed by atoms with Gasteiger partial charge in [-0.15, -0.1) is 24.0 Å². The molecule has 0 aliphatic carbocycles. The summed E-state index contributed by atoms with van der Waals surface area (Å²) in [5.74, 6) is 0.666. The molecule has 1 aliphatic rings. The minimum atomic E-state index is -4.15. The first-order chi connectivity index (χ1) is 11.6. The maximum Gasteiger partial charge on any atom is 0.401 e. The second-order valence-electron chi connectivity index (χ2n) is 6.97. The van der Waals surface area contributed by atoms with E-state index in [1.807, 2.05) is 0 Å². The van der Waals surface area contributed by atoms with Gasteiger partial charge in [0.25, 0.3) is 0 Å². The lowest BCUT2D eigenvalue weighted by atomic mass is 10.0. The van der Waals surface area contributed by atoms with Crippen molar-refractivity contribution in [2.45, 2.75) is 32.0 Å². The van der Waals surface area contributed by atoms with Gasteiger partial charge in [-0.1, -0.05) is 0 Å². The van der Waals surface area contributed by atoms with E-state index in [9.17, 15) is 13.2 Å². The van der Waals surface area contributed by atoms with Gasteiger partial charge in [-0.05, 0) is 33.9 Å². The fourth-order valence-corrected chi connectivity index (χ4v) is 2.74. The molecule has 1 fully saturated rings. The summed E-state index contributed by atoms with van der Waals surface area (Å²) in [5.41, 5.74) is -0.0334. The van der Waals surface area contributed by atoms with Gasteiger partial charge in [0.05, 0.1) is 19.8 Å². The van der Waals surface area contributed by atoms with Crippen molar-refractivity contribution in [3.05, 3.63) is 0 Å². The molecule has 1 saturated heterocycles. The number of aliphatic imine (C=N–C) groups is 1. The maximum absolute atomic E-state index is 12.3. The summed E-state index contributed by atoms with van der Waals surface area (Å²) < 4.78 is 42.2. The molecule has 0 aromatic carbocycles. The van der Waals surface area contributed by atoms with Gasteiger partial charge in [0.15, 0.2) is 5.96 Å². The summed E-state index contributed by atoms with van der Waals surface area (Å²) in [6, 6.07) is 0. The van der Waals surface area contributed by atoms with E-state index in [2.05, 4.69) is 34.4 Å². The van der Waals surface area contributed by atoms with Crippen LogP contribution in [0.2, 0.25) is 0 Å². The highest BCUT2D eigenvalue weighted by Crippen LogP contribution is 2.16. The molecule has 2 N–H and O–H groups in total. The lowest BCUT2D eigenvalue weighted by Gasteiger charge is -2.41. The van der Waals surface area contributed by atoms with Gasteiger partial charge in [-0.2, -0.15) is 13.2 Å². The largest absolute Gasteiger partial charge is 0.401 e. The van der Waals surface area contributed by atoms with Crippen LogP contribution in [-0.2, 0) is 4.74 Å². The molecule has 0 amide bonds. The molecule has 156 valence electrons. The molecule has 0 spiro atoms. The maximum atomic E-state index is 12.3. The lowest BCUT2D eigenvalue weighted by Crippen LogP contribution is -2.56. The molecule has 10 heteroatoms. The average molecular weight is 495 g/mol. The second-order valence-corrected chi connectivity index (χ2v) is 6.97. The van der Waals surface area contributed by atoms with Gasteiger partial charge >= 0.3 is 6.18 Å². The lowest BCUT2D eigenvalue weighted by molar-refractivity contribution is -0.143. The predicted molar refractivity (Wildman–Crippen MR) is 109 cm³/mol. The van der Waals surface area contributed by atoms with Crippen LogP contribution in [0.15, 0.2) is 4.99 Å². The highest BCUT2D eigenvalue weighted by atomic mass is 127. The van der Waals surface area contributed by atoms with Gasteiger partial charge < -0.3 is 15.4 Å². The van der Waals surface area contributed by atoms with E-state index in [1.165, 1.54) is 11.9 Å². The number of nitrogens with one attached hydrogen (secondary N) is 2. The van der Waals surface area contributed by atoms with Crippen molar-refractivity contribution in [1.29, 1.82) is 0 Å². The molecular weight excluding hydrogens is 462 g/mol. The Kier molecular flexibility index (Phi) is 12.0. The molecule has 0 aromatic heterocycles. The number of ether oxygens (including phenoxy) is 1. The standard InChI is InChI=1S/C16H32F3N5O.HI/c1-15(2,24-8-10-25-11-9-24)12-22-14(20-3)21-6-5-7-23(4)13-16(17,18)19;/h5-13H2,1-4H3,(H2,20,21,22);1H. The van der Waals surface area contributed by atoms with E-state index in [0.717, 1.165) is 32.8 Å². The van der Waals surface area contributed by atoms with Crippen molar-refractivity contribution in [2.75, 3.05) is 66.6 Å². The fourth-order valence-electron chi connectivity index (χ4n) is 2.74. The van der Waals surface area contributed by atoms with Crippen LogP contribution >= 0.6 is 24.0 Å². The highest BCUT2D eigenvalue weighted by Gasteiger charge is 2.29. The van der Waals surface area contributed by atoms with E-state index >= 15 is 0 Å². The quantitative estimate of drug-likeness (QED) is 0.233. The van der Waals surface area contributed by atoms with Crippen LogP contribution in [0.25, 0.3) is 0 Å². The zero-order valence-electron chi connectivity index (χ0n) is 16.2. The summed E-state index contributed by atoms with van der Waals surface area (Å²) >= 11 is 0. The van der Waals surface area contributed by atoms with Gasteiger partial charge in [0.2, 0.25) is 0 Å². The molecule has 26 heavy (non-hydrogen) atoms. The summed E-state index contributed by atoms with van der Waals surface area (Å²) in [6.45, 7) is 8.45. The summed E-state index contributed by atoms with van der Waals surface area (Å²) in [4.78, 5) is 7.82. The number of morpholine rings is 1. The van der Waals surface area contributed by atoms with E-state index in [4.69, 9.17) is 4.74 Å². The molecule has 1 rings (SSSR count). The average Bonchev–Trinajstić information content (AvgIpc) is 2.53. The van der Waals surface area contributed by atoms with E-state index in [1.54, 1.807) is 7.05 Å². The molecule has 0 aromatic rings. The Morgan fingerprint density at radius 2 is 1.81 bits per heavy atom. The number of halogens is 4. The Hall–Kier alpha value is -0.330. The molecule has 6 nitrogen and oxygen atoms in total. The fraction of sp³-hybridized carbons (Fsp3) is 0.938. The molecule has 0 unspecified atom stereocenters. The first-order valence-electron chi connectivity index (χ1n) is 8.67. The van der Waals surface area contributed by atoms with E-state index < -0.39 is 12.7 Å². The van der Waals surface area contributed by atoms with Crippen LogP contribution in [0.4, 0.5) is 13.2 Å². The Morgan fingerprint density at radius 3 is 2.35 bits per heavy atom. The smallest absolute Gasteiger partial charge is 0.379 e. The third kappa shape index (κ3) is 10.7. The Balaban J connectivity index is 0.00000625. The first kappa shape index (κ1) is 25.7. The van der Waals surface area contributed by atoms with E-state index in [-0.39, 0.29) is 29.5 Å². The molecule has 0 saturated carbocycles. The molecule has 1 heterocycles. The van der Waals surface area contributed by atoms with Gasteiger partial charge in [0.1, 0.15) is 0 Å². The van der Waals surface area contributed by atoms with Crippen LogP contribution < -0.4 is 10.6 Å². The van der Waals surface area contributed by atoms with Crippen molar-refractivity contribution in [1.82, 2.24) is 20.4 Å². The Bertz CT molecular complexity index is 415. The minimum absolute atomic E-state index is 0. The van der Waals surface area contributed by atoms with Crippen molar-refractivity contribution in [3.8, 4) is 0 Å². The SMILES string of the molecule is CN=C(NCCCN(C)CC(F)(F)F)NCC(C)(C)N1CCOCC1.I. The van der Waals surface area contributed by atoms with Crippen LogP contribution in [0, 0.1) is 0 Å². The summed E-state index contributed by atoms with van der Waals surface area (Å²) in [6.07, 6.45) is -3.54. The molecule has 0 radical (unpaired) electrons. The number of nitrogens with zero attached hydrogens (tertiary/aromatic N) is 3. The van der Waals surface area contributed by atoms with Crippen molar-refractivity contribution >= 4 is 29.9 Å². The molecule has 0 bridgehead atoms. The third-order valence-corrected chi connectivity index (χ3v) is 4.24. The number of rotatable bonds is 8. The Labute approximate surface area is 171 Å². The predicted octanol–water partition coefficient (Wildman–Crippen LogP) is 1.76. The normalized spacial score (nSPS) is 17.2. The van der Waals surface area contributed by atoms with Crippen LogP contribution in [0.5, 0.6) is 0 Å². The van der Waals surface area contributed by atoms with Crippen molar-refractivity contribution in [3.63, 3.8) is 0 Å². The van der Waals surface area contributed by atoms with Gasteiger partial charge in [0, 0.05) is 38.8 Å². The van der Waals surface area contributed by atoms with E-state index in [0.29, 0.717) is 25.5 Å². The van der Waals surface area contributed by atoms with Crippen molar-refractivity contribution < 1.29 is 17.9 Å². The summed E-state index contributed by atoms with van der Waals surface area (Å²) in [7, 11) is 3.16. The molecule has 0 atom stereocenters.